The zero-order valence-electron chi connectivity index (χ0n) is 8.18. The molecule has 0 fully saturated rings. The number of hydrogen-bond donors (Lipinski definition) is 0. The second-order valence-electron chi connectivity index (χ2n) is 3.42. The molecule has 0 bridgehead atoms. The number of Topliss-reactive ketones (excluding diaryl/α,β-unsaturated/α-hetero) is 1. The minimum Gasteiger partial charge on any atom is -0.300 e. The highest BCUT2D eigenvalue weighted by molar-refractivity contribution is 5.78. The molecule has 12 heavy (non-hydrogen) atoms. The van der Waals surface area contributed by atoms with Gasteiger partial charge in [-0.2, -0.15) is 5.26 Å². The second kappa shape index (κ2) is 4.92. The lowest BCUT2D eigenvalue weighted by Crippen LogP contribution is -2.14. The van der Waals surface area contributed by atoms with Gasteiger partial charge in [-0.3, -0.25) is 4.79 Å². The summed E-state index contributed by atoms with van der Waals surface area (Å²) in [4.78, 5) is 11.0. The van der Waals surface area contributed by atoms with E-state index in [0.717, 1.165) is 6.42 Å². The third-order valence-corrected chi connectivity index (χ3v) is 2.40. The number of nitrogens with zero attached hydrogens (tertiary/aromatic N) is 1. The lowest BCUT2D eigenvalue weighted by Gasteiger charge is -2.17. The van der Waals surface area contributed by atoms with Crippen LogP contribution in [0.15, 0.2) is 0 Å². The van der Waals surface area contributed by atoms with Crippen LogP contribution in [0.5, 0.6) is 0 Å². The normalized spacial score (nSPS) is 14.8. The molecule has 0 aromatic heterocycles. The summed E-state index contributed by atoms with van der Waals surface area (Å²) in [5.74, 6) is 0.255. The first-order valence-corrected chi connectivity index (χ1v) is 4.51. The van der Waals surface area contributed by atoms with Crippen molar-refractivity contribution in [2.75, 3.05) is 0 Å². The first-order valence-electron chi connectivity index (χ1n) is 4.51. The minimum absolute atomic E-state index is 0.255. The number of carbonyl (C=O) groups excluding carboxylic acids is 1. The maximum Gasteiger partial charge on any atom is 0.132 e. The Morgan fingerprint density at radius 3 is 2.42 bits per heavy atom. The maximum absolute atomic E-state index is 11.0. The summed E-state index contributed by atoms with van der Waals surface area (Å²) in [6.45, 7) is 5.76. The van der Waals surface area contributed by atoms with Crippen molar-refractivity contribution < 1.29 is 4.79 Å². The maximum atomic E-state index is 11.0. The predicted octanol–water partition coefficient (Wildman–Crippen LogP) is 2.69. The zero-order valence-corrected chi connectivity index (χ0v) is 8.18. The molecule has 0 aliphatic rings. The molecule has 0 aromatic carbocycles. The molecule has 0 rings (SSSR count). The topological polar surface area (TPSA) is 40.9 Å². The van der Waals surface area contributed by atoms with Crippen molar-refractivity contribution in [3.63, 3.8) is 0 Å². The summed E-state index contributed by atoms with van der Waals surface area (Å²) in [6, 6.07) is 2.26. The highest BCUT2D eigenvalue weighted by atomic mass is 16.1. The van der Waals surface area contributed by atoms with E-state index in [1.54, 1.807) is 0 Å². The predicted molar refractivity (Wildman–Crippen MR) is 48.5 cm³/mol. The lowest BCUT2D eigenvalue weighted by atomic mass is 9.84. The monoisotopic (exact) mass is 167 g/mol. The van der Waals surface area contributed by atoms with E-state index >= 15 is 0 Å². The minimum atomic E-state index is -0.301. The molecule has 0 radical (unpaired) electrons. The zero-order chi connectivity index (χ0) is 9.61. The van der Waals surface area contributed by atoms with E-state index in [2.05, 4.69) is 6.07 Å². The van der Waals surface area contributed by atoms with Gasteiger partial charge >= 0.3 is 0 Å². The summed E-state index contributed by atoms with van der Waals surface area (Å²) in [6.07, 6.45) is 2.66. The van der Waals surface area contributed by atoms with Crippen LogP contribution >= 0.6 is 0 Å². The molecule has 0 saturated heterocycles. The van der Waals surface area contributed by atoms with Gasteiger partial charge in [-0.05, 0) is 19.8 Å². The molecule has 1 atom stereocenters. The molecule has 2 nitrogen and oxygen atoms in total. The molecule has 0 heterocycles. The molecule has 2 heteroatoms. The lowest BCUT2D eigenvalue weighted by molar-refractivity contribution is -0.119. The molecule has 0 aromatic rings. The van der Waals surface area contributed by atoms with Gasteiger partial charge in [-0.1, -0.05) is 13.8 Å². The Morgan fingerprint density at radius 1 is 1.50 bits per heavy atom. The first-order chi connectivity index (χ1) is 5.58. The van der Waals surface area contributed by atoms with Gasteiger partial charge in [-0.25, -0.2) is 0 Å². The van der Waals surface area contributed by atoms with Gasteiger partial charge < -0.3 is 0 Å². The Morgan fingerprint density at radius 2 is 2.08 bits per heavy atom. The number of nitriles is 1. The van der Waals surface area contributed by atoms with E-state index in [1.807, 2.05) is 20.8 Å². The molecule has 0 amide bonds. The Labute approximate surface area is 74.6 Å². The van der Waals surface area contributed by atoms with Crippen LogP contribution in [0, 0.1) is 16.7 Å². The van der Waals surface area contributed by atoms with Gasteiger partial charge in [0.15, 0.2) is 0 Å². The van der Waals surface area contributed by atoms with E-state index in [4.69, 9.17) is 5.26 Å². The summed E-state index contributed by atoms with van der Waals surface area (Å²) in [5, 5.41) is 8.81. The number of rotatable bonds is 5. The molecule has 0 spiro atoms. The van der Waals surface area contributed by atoms with Crippen molar-refractivity contribution in [2.45, 2.75) is 46.5 Å². The largest absolute Gasteiger partial charge is 0.300 e. The van der Waals surface area contributed by atoms with Crippen LogP contribution in [0.1, 0.15) is 46.5 Å². The Balaban J connectivity index is 3.91. The molecule has 1 unspecified atom stereocenters. The van der Waals surface area contributed by atoms with Crippen molar-refractivity contribution in [2.24, 2.45) is 5.41 Å². The molecule has 0 aliphatic heterocycles. The quantitative estimate of drug-likeness (QED) is 0.631. The Kier molecular flexibility index (Phi) is 4.58. The highest BCUT2D eigenvalue weighted by Crippen LogP contribution is 2.26. The molecular formula is C10H17NO. The smallest absolute Gasteiger partial charge is 0.132 e. The van der Waals surface area contributed by atoms with Crippen LogP contribution in [0.3, 0.4) is 0 Å². The van der Waals surface area contributed by atoms with Gasteiger partial charge in [0.1, 0.15) is 5.78 Å². The fourth-order valence-corrected chi connectivity index (χ4v) is 0.904. The van der Waals surface area contributed by atoms with Gasteiger partial charge in [-0.15, -0.1) is 0 Å². The van der Waals surface area contributed by atoms with Crippen molar-refractivity contribution in [1.82, 2.24) is 0 Å². The summed E-state index contributed by atoms with van der Waals surface area (Å²) in [5.41, 5.74) is -0.301. The fourth-order valence-electron chi connectivity index (χ4n) is 0.904. The van der Waals surface area contributed by atoms with Crippen molar-refractivity contribution in [3.8, 4) is 6.07 Å². The molecular weight excluding hydrogens is 150 g/mol. The Hall–Kier alpha value is -0.840. The van der Waals surface area contributed by atoms with Gasteiger partial charge in [0.2, 0.25) is 0 Å². The molecule has 0 aliphatic carbocycles. The van der Waals surface area contributed by atoms with E-state index in [9.17, 15) is 4.79 Å². The fraction of sp³-hybridized carbons (Fsp3) is 0.800. The van der Waals surface area contributed by atoms with Gasteiger partial charge in [0.05, 0.1) is 11.5 Å². The van der Waals surface area contributed by atoms with Crippen LogP contribution < -0.4 is 0 Å². The van der Waals surface area contributed by atoms with Crippen molar-refractivity contribution >= 4 is 5.78 Å². The van der Waals surface area contributed by atoms with Crippen molar-refractivity contribution in [1.29, 1.82) is 5.26 Å². The standard InChI is InChI=1S/C10H17NO/c1-4-9(12)6-7-10(3,5-2)8-11/h4-7H2,1-3H3. The van der Waals surface area contributed by atoms with Crippen LogP contribution in [0.2, 0.25) is 0 Å². The van der Waals surface area contributed by atoms with Crippen LogP contribution in [-0.2, 0) is 4.79 Å². The van der Waals surface area contributed by atoms with Gasteiger partial charge in [0, 0.05) is 12.8 Å². The van der Waals surface area contributed by atoms with Gasteiger partial charge in [0.25, 0.3) is 0 Å². The number of ketones is 1. The third-order valence-electron chi connectivity index (χ3n) is 2.40. The van der Waals surface area contributed by atoms with E-state index in [-0.39, 0.29) is 11.2 Å². The molecule has 0 N–H and O–H groups in total. The molecule has 0 saturated carbocycles. The average molecular weight is 167 g/mol. The summed E-state index contributed by atoms with van der Waals surface area (Å²) >= 11 is 0. The van der Waals surface area contributed by atoms with Crippen LogP contribution in [0.4, 0.5) is 0 Å². The third kappa shape index (κ3) is 3.52. The number of hydrogen-bond acceptors (Lipinski definition) is 2. The summed E-state index contributed by atoms with van der Waals surface area (Å²) < 4.78 is 0. The Bertz CT molecular complexity index is 193. The first kappa shape index (κ1) is 11.2. The van der Waals surface area contributed by atoms with Crippen LogP contribution in [-0.4, -0.2) is 5.78 Å². The van der Waals surface area contributed by atoms with Crippen molar-refractivity contribution in [3.05, 3.63) is 0 Å². The molecule has 68 valence electrons. The second-order valence-corrected chi connectivity index (χ2v) is 3.42. The SMILES string of the molecule is CCC(=O)CCC(C)(C#N)CC. The van der Waals surface area contributed by atoms with Crippen LogP contribution in [0.25, 0.3) is 0 Å². The van der Waals surface area contributed by atoms with E-state index in [1.165, 1.54) is 0 Å². The van der Waals surface area contributed by atoms with E-state index in [0.29, 0.717) is 19.3 Å². The average Bonchev–Trinajstić information content (AvgIpc) is 2.13. The number of carbonyl (C=O) groups is 1. The highest BCUT2D eigenvalue weighted by Gasteiger charge is 2.21. The summed E-state index contributed by atoms with van der Waals surface area (Å²) in [7, 11) is 0. The van der Waals surface area contributed by atoms with E-state index < -0.39 is 0 Å².